The fraction of sp³-hybridized carbons (Fsp3) is 0.412. The zero-order valence-electron chi connectivity index (χ0n) is 14.3. The van der Waals surface area contributed by atoms with Crippen LogP contribution in [0.25, 0.3) is 0 Å². The Bertz CT molecular complexity index is 888. The summed E-state index contributed by atoms with van der Waals surface area (Å²) in [7, 11) is -3.49. The largest absolute Gasteiger partial charge is 0.349 e. The average Bonchev–Trinajstić information content (AvgIpc) is 2.49. The predicted octanol–water partition coefficient (Wildman–Crippen LogP) is 1.53. The van der Waals surface area contributed by atoms with Crippen LogP contribution in [-0.4, -0.2) is 36.3 Å². The first-order valence-electron chi connectivity index (χ1n) is 8.24. The lowest BCUT2D eigenvalue weighted by atomic mass is 10.2. The summed E-state index contributed by atoms with van der Waals surface area (Å²) >= 11 is 0. The number of nitrogens with one attached hydrogen (secondary N) is 1. The van der Waals surface area contributed by atoms with Gasteiger partial charge in [0.2, 0.25) is 10.0 Å². The van der Waals surface area contributed by atoms with Crippen molar-refractivity contribution in [2.45, 2.75) is 25.6 Å². The third kappa shape index (κ3) is 3.84. The van der Waals surface area contributed by atoms with Gasteiger partial charge in [-0.05, 0) is 18.1 Å². The van der Waals surface area contributed by atoms with Crippen LogP contribution in [0.15, 0.2) is 47.5 Å². The normalized spacial score (nSPS) is 15.2. The van der Waals surface area contributed by atoms with Gasteiger partial charge in [-0.1, -0.05) is 32.0 Å². The standard InChI is InChI=1S/C17H22N4O3S/c1-13(2)10-20-9-8-18-16(17(20)22)21-11-15(12-21)25(23,24)19-14-6-4-3-5-7-14/h3-9,13,15,19H,10-12H2,1-2H3. The van der Waals surface area contributed by atoms with Crippen LogP contribution in [0.2, 0.25) is 0 Å². The molecule has 1 aromatic heterocycles. The van der Waals surface area contributed by atoms with E-state index in [-0.39, 0.29) is 18.6 Å². The Morgan fingerprint density at radius 1 is 1.24 bits per heavy atom. The van der Waals surface area contributed by atoms with Crippen molar-refractivity contribution in [2.24, 2.45) is 5.92 Å². The highest BCUT2D eigenvalue weighted by atomic mass is 32.2. The third-order valence-electron chi connectivity index (χ3n) is 4.08. The predicted molar refractivity (Wildman–Crippen MR) is 98.3 cm³/mol. The Kier molecular flexibility index (Phi) is 4.80. The SMILES string of the molecule is CC(C)Cn1ccnc(N2CC(S(=O)(=O)Nc3ccccc3)C2)c1=O. The summed E-state index contributed by atoms with van der Waals surface area (Å²) in [5, 5.41) is -0.562. The number of sulfonamides is 1. The number of nitrogens with zero attached hydrogens (tertiary/aromatic N) is 3. The molecule has 0 spiro atoms. The summed E-state index contributed by atoms with van der Waals surface area (Å²) in [5.74, 6) is 0.654. The lowest BCUT2D eigenvalue weighted by molar-refractivity contribution is 0.502. The maximum Gasteiger partial charge on any atom is 0.293 e. The van der Waals surface area contributed by atoms with E-state index in [0.717, 1.165) is 0 Å². The van der Waals surface area contributed by atoms with E-state index in [0.29, 0.717) is 24.0 Å². The highest BCUT2D eigenvalue weighted by Gasteiger charge is 2.39. The van der Waals surface area contributed by atoms with E-state index in [1.807, 2.05) is 19.9 Å². The van der Waals surface area contributed by atoms with E-state index in [9.17, 15) is 13.2 Å². The van der Waals surface area contributed by atoms with Crippen molar-refractivity contribution in [3.8, 4) is 0 Å². The van der Waals surface area contributed by atoms with Gasteiger partial charge in [-0.2, -0.15) is 0 Å². The molecule has 2 aromatic rings. The van der Waals surface area contributed by atoms with Gasteiger partial charge in [-0.25, -0.2) is 13.4 Å². The zero-order valence-corrected chi connectivity index (χ0v) is 15.1. The Hall–Kier alpha value is -2.35. The van der Waals surface area contributed by atoms with Crippen molar-refractivity contribution in [2.75, 3.05) is 22.7 Å². The summed E-state index contributed by atoms with van der Waals surface area (Å²) in [5.41, 5.74) is 0.362. The van der Waals surface area contributed by atoms with E-state index in [2.05, 4.69) is 9.71 Å². The van der Waals surface area contributed by atoms with Crippen LogP contribution < -0.4 is 15.2 Å². The Labute approximate surface area is 147 Å². The van der Waals surface area contributed by atoms with Gasteiger partial charge in [0.25, 0.3) is 5.56 Å². The van der Waals surface area contributed by atoms with Gasteiger partial charge in [-0.3, -0.25) is 9.52 Å². The lowest BCUT2D eigenvalue weighted by Gasteiger charge is -2.38. The van der Waals surface area contributed by atoms with Crippen molar-refractivity contribution >= 4 is 21.5 Å². The summed E-state index contributed by atoms with van der Waals surface area (Å²) < 4.78 is 29.0. The van der Waals surface area contributed by atoms with Crippen LogP contribution >= 0.6 is 0 Å². The number of rotatable bonds is 6. The number of aromatic nitrogens is 2. The molecule has 0 amide bonds. The minimum atomic E-state index is -3.49. The van der Waals surface area contributed by atoms with E-state index < -0.39 is 15.3 Å². The number of para-hydroxylation sites is 1. The number of hydrogen-bond donors (Lipinski definition) is 1. The molecule has 134 valence electrons. The van der Waals surface area contributed by atoms with Crippen LogP contribution in [0.3, 0.4) is 0 Å². The number of benzene rings is 1. The number of anilines is 2. The van der Waals surface area contributed by atoms with Gasteiger partial charge < -0.3 is 9.47 Å². The molecular weight excluding hydrogens is 340 g/mol. The van der Waals surface area contributed by atoms with Crippen LogP contribution in [0.4, 0.5) is 11.5 Å². The van der Waals surface area contributed by atoms with Crippen molar-refractivity contribution in [3.05, 3.63) is 53.1 Å². The molecule has 0 aliphatic carbocycles. The fourth-order valence-electron chi connectivity index (χ4n) is 2.75. The zero-order chi connectivity index (χ0) is 18.0. The fourth-order valence-corrected chi connectivity index (χ4v) is 4.13. The van der Waals surface area contributed by atoms with Gasteiger partial charge >= 0.3 is 0 Å². The first-order chi connectivity index (χ1) is 11.9. The van der Waals surface area contributed by atoms with Crippen molar-refractivity contribution in [3.63, 3.8) is 0 Å². The molecule has 1 aliphatic heterocycles. The highest BCUT2D eigenvalue weighted by Crippen LogP contribution is 2.22. The molecule has 3 rings (SSSR count). The van der Waals surface area contributed by atoms with E-state index in [4.69, 9.17) is 0 Å². The third-order valence-corrected chi connectivity index (χ3v) is 5.77. The quantitative estimate of drug-likeness (QED) is 0.842. The Morgan fingerprint density at radius 2 is 1.92 bits per heavy atom. The maximum atomic E-state index is 12.5. The minimum absolute atomic E-state index is 0.178. The van der Waals surface area contributed by atoms with Gasteiger partial charge in [0.05, 0.1) is 0 Å². The Morgan fingerprint density at radius 3 is 2.56 bits per heavy atom. The second kappa shape index (κ2) is 6.87. The summed E-state index contributed by atoms with van der Waals surface area (Å²) in [4.78, 5) is 18.3. The maximum absolute atomic E-state index is 12.5. The molecule has 1 aliphatic rings. The van der Waals surface area contributed by atoms with Crippen LogP contribution in [0, 0.1) is 5.92 Å². The molecule has 0 saturated carbocycles. The summed E-state index contributed by atoms with van der Waals surface area (Å²) in [6.45, 7) is 5.20. The van der Waals surface area contributed by atoms with Crippen LogP contribution in [0.1, 0.15) is 13.8 Å². The second-order valence-corrected chi connectivity index (χ2v) is 8.60. The molecule has 0 bridgehead atoms. The topological polar surface area (TPSA) is 84.3 Å². The molecule has 0 unspecified atom stereocenters. The van der Waals surface area contributed by atoms with Crippen LogP contribution in [0.5, 0.6) is 0 Å². The molecule has 7 nitrogen and oxygen atoms in total. The van der Waals surface area contributed by atoms with Crippen molar-refractivity contribution in [1.29, 1.82) is 0 Å². The smallest absolute Gasteiger partial charge is 0.293 e. The van der Waals surface area contributed by atoms with Crippen molar-refractivity contribution in [1.82, 2.24) is 9.55 Å². The van der Waals surface area contributed by atoms with Crippen LogP contribution in [-0.2, 0) is 16.6 Å². The Balaban J connectivity index is 1.69. The lowest BCUT2D eigenvalue weighted by Crippen LogP contribution is -2.58. The highest BCUT2D eigenvalue weighted by molar-refractivity contribution is 7.93. The monoisotopic (exact) mass is 362 g/mol. The van der Waals surface area contributed by atoms with Gasteiger partial charge in [0, 0.05) is 37.7 Å². The van der Waals surface area contributed by atoms with Gasteiger partial charge in [0.15, 0.2) is 5.82 Å². The summed E-state index contributed by atoms with van der Waals surface area (Å²) in [6.07, 6.45) is 3.25. The minimum Gasteiger partial charge on any atom is -0.349 e. The molecule has 2 heterocycles. The molecule has 1 aromatic carbocycles. The summed E-state index contributed by atoms with van der Waals surface area (Å²) in [6, 6.07) is 8.78. The van der Waals surface area contributed by atoms with Crippen molar-refractivity contribution < 1.29 is 8.42 Å². The van der Waals surface area contributed by atoms with E-state index >= 15 is 0 Å². The molecule has 0 atom stereocenters. The molecule has 1 N–H and O–H groups in total. The van der Waals surface area contributed by atoms with E-state index in [1.165, 1.54) is 0 Å². The first kappa shape index (κ1) is 17.5. The van der Waals surface area contributed by atoms with Gasteiger partial charge in [-0.15, -0.1) is 0 Å². The molecule has 0 radical (unpaired) electrons. The number of hydrogen-bond acceptors (Lipinski definition) is 5. The first-order valence-corrected chi connectivity index (χ1v) is 9.78. The molecule has 1 fully saturated rings. The molecule has 25 heavy (non-hydrogen) atoms. The van der Waals surface area contributed by atoms with Gasteiger partial charge in [0.1, 0.15) is 5.25 Å². The molecule has 1 saturated heterocycles. The van der Waals surface area contributed by atoms with E-state index in [1.54, 1.807) is 46.1 Å². The molecular formula is C17H22N4O3S. The second-order valence-electron chi connectivity index (χ2n) is 6.64. The molecule has 8 heteroatoms. The average molecular weight is 362 g/mol.